The van der Waals surface area contributed by atoms with Crippen LogP contribution in [0.2, 0.25) is 5.02 Å². The van der Waals surface area contributed by atoms with E-state index < -0.39 is 136 Å². The molecule has 0 saturated carbocycles. The number of benzene rings is 1. The number of anilines is 4. The summed E-state index contributed by atoms with van der Waals surface area (Å²) < 4.78 is 108. The number of nitrogens with two attached hydrogens (primary N) is 4. The maximum atomic E-state index is 13.6. The molecule has 0 aliphatic carbocycles. The van der Waals surface area contributed by atoms with Crippen molar-refractivity contribution in [2.75, 3.05) is 49.9 Å². The molecule has 10 rings (SSSR count). The zero-order valence-corrected chi connectivity index (χ0v) is 46.0. The summed E-state index contributed by atoms with van der Waals surface area (Å²) in [6.07, 6.45) is -18.3. The van der Waals surface area contributed by atoms with Crippen molar-refractivity contribution in [3.63, 3.8) is 0 Å². The van der Waals surface area contributed by atoms with Gasteiger partial charge in [0.05, 0.1) is 39.0 Å². The molecule has 3 saturated heterocycles. The molecule has 0 bridgehead atoms. The van der Waals surface area contributed by atoms with Gasteiger partial charge in [-0.25, -0.2) is 23.2 Å². The molecule has 450 valence electrons. The summed E-state index contributed by atoms with van der Waals surface area (Å²) in [4.78, 5) is 106. The van der Waals surface area contributed by atoms with E-state index in [2.05, 4.69) is 53.0 Å². The molecule has 0 spiro atoms. The predicted molar refractivity (Wildman–Crippen MR) is 264 cm³/mol. The molecular weight excluding hydrogens is 1220 g/mol. The minimum Gasteiger partial charge on any atom is -0.756 e. The Morgan fingerprint density at radius 3 is 1.89 bits per heavy atom. The van der Waals surface area contributed by atoms with E-state index in [1.165, 1.54) is 10.9 Å². The number of nitrogens with one attached hydrogen (secondary N) is 2. The third-order valence-electron chi connectivity index (χ3n) is 12.8. The lowest BCUT2D eigenvalue weighted by Crippen LogP contribution is -2.46. The molecule has 83 heavy (non-hydrogen) atoms. The van der Waals surface area contributed by atoms with Crippen LogP contribution in [0.25, 0.3) is 33.5 Å². The lowest BCUT2D eigenvalue weighted by atomic mass is 10.1. The van der Waals surface area contributed by atoms with Gasteiger partial charge in [-0.1, -0.05) is 28.7 Å². The van der Waals surface area contributed by atoms with E-state index in [0.29, 0.717) is 10.6 Å². The second-order valence-electron chi connectivity index (χ2n) is 18.2. The number of aromatic nitrogens is 12. The Hall–Kier alpha value is -5.84. The van der Waals surface area contributed by atoms with E-state index in [1.54, 1.807) is 24.3 Å². The SMILES string of the molecule is COC1C(OP(=O)([O-])OCC2OC(n3cnc4c(=O)[nH]c(N)nc43)C(O)C2O)C(COP(=O)([O-])OP(=O)([O-])OP(=O)([O-])OCC2OC([n+]3cn(Cc4ccc(Cl)cc4)c4c(=O)[nH]c(N)nc43)C(O)C2O)OC1n1cnc2c(N)nc(N)nc21. The number of phosphoric acid groups is 4. The number of nitrogen functional groups attached to an aromatic ring is 4. The fraction of sp³-hybridized carbons (Fsp3) is 0.447. The van der Waals surface area contributed by atoms with E-state index in [9.17, 15) is 67.8 Å². The monoisotopic (exact) mass is 1270 g/mol. The molecule has 45 heteroatoms. The van der Waals surface area contributed by atoms with E-state index >= 15 is 0 Å². The molecule has 3 fully saturated rings. The van der Waals surface area contributed by atoms with Crippen LogP contribution in [-0.2, 0) is 70.5 Å². The topological polar surface area (TPSA) is 600 Å². The number of phosphoric ester groups is 3. The number of halogens is 1. The van der Waals surface area contributed by atoms with Crippen LogP contribution in [0.15, 0.2) is 52.8 Å². The molecule has 9 heterocycles. The van der Waals surface area contributed by atoms with E-state index in [0.717, 1.165) is 33.5 Å². The van der Waals surface area contributed by atoms with Crippen LogP contribution in [0.5, 0.6) is 0 Å². The summed E-state index contributed by atoms with van der Waals surface area (Å²) >= 11 is 6.00. The van der Waals surface area contributed by atoms with Gasteiger partial charge in [0.25, 0.3) is 48.4 Å². The van der Waals surface area contributed by atoms with Gasteiger partial charge in [0.15, 0.2) is 41.4 Å². The number of aliphatic hydroxyl groups excluding tert-OH is 4. The third kappa shape index (κ3) is 12.5. The number of hydrogen-bond acceptors (Lipinski definition) is 34. The Labute approximate surface area is 465 Å². The summed E-state index contributed by atoms with van der Waals surface area (Å²) in [7, 11) is -24.0. The van der Waals surface area contributed by atoms with Crippen molar-refractivity contribution in [2.45, 2.75) is 80.2 Å². The molecule has 0 radical (unpaired) electrons. The summed E-state index contributed by atoms with van der Waals surface area (Å²) in [5, 5.41) is 44.1. The van der Waals surface area contributed by atoms with Crippen LogP contribution in [0.1, 0.15) is 24.2 Å². The molecule has 40 nitrogen and oxygen atoms in total. The van der Waals surface area contributed by atoms with Gasteiger partial charge in [0.2, 0.25) is 23.6 Å². The van der Waals surface area contributed by atoms with Gasteiger partial charge >= 0.3 is 5.65 Å². The number of aliphatic hydroxyl groups is 4. The second-order valence-corrected chi connectivity index (χ2v) is 24.5. The number of ether oxygens (including phenoxy) is 4. The Morgan fingerprint density at radius 2 is 1.23 bits per heavy atom. The van der Waals surface area contributed by atoms with Crippen molar-refractivity contribution in [3.05, 3.63) is 74.5 Å². The average Bonchev–Trinajstić information content (AvgIpc) is 4.34. The number of hydrogen-bond donors (Lipinski definition) is 10. The molecule has 6 aromatic heterocycles. The number of methoxy groups -OCH3 is 1. The zero-order chi connectivity index (χ0) is 59.8. The third-order valence-corrected chi connectivity index (χ3v) is 18.1. The fourth-order valence-electron chi connectivity index (χ4n) is 9.16. The summed E-state index contributed by atoms with van der Waals surface area (Å²) in [6, 6.07) is 6.50. The lowest BCUT2D eigenvalue weighted by molar-refractivity contribution is -0.745. The molecule has 3 aliphatic rings. The van der Waals surface area contributed by atoms with E-state index in [1.807, 2.05) is 0 Å². The fourth-order valence-corrected chi connectivity index (χ4v) is 13.6. The van der Waals surface area contributed by atoms with Crippen LogP contribution in [-0.4, -0.2) is 156 Å². The molecule has 14 N–H and O–H groups in total. The van der Waals surface area contributed by atoms with Crippen molar-refractivity contribution in [1.82, 2.24) is 53.6 Å². The first-order valence-electron chi connectivity index (χ1n) is 23.5. The molecule has 16 atom stereocenters. The van der Waals surface area contributed by atoms with Crippen molar-refractivity contribution >= 4 is 100 Å². The minimum atomic E-state index is -6.65. The van der Waals surface area contributed by atoms with E-state index in [-0.39, 0.29) is 63.7 Å². The normalized spacial score (nSPS) is 28.7. The average molecular weight is 1270 g/mol. The highest BCUT2D eigenvalue weighted by molar-refractivity contribution is 7.65. The van der Waals surface area contributed by atoms with Crippen molar-refractivity contribution < 1.29 is 108 Å². The number of H-pyrrole nitrogens is 2. The van der Waals surface area contributed by atoms with Crippen LogP contribution in [0.3, 0.4) is 0 Å². The van der Waals surface area contributed by atoms with Crippen molar-refractivity contribution in [2.24, 2.45) is 0 Å². The lowest BCUT2D eigenvalue weighted by Gasteiger charge is -2.35. The van der Waals surface area contributed by atoms with Gasteiger partial charge < -0.3 is 100.0 Å². The summed E-state index contributed by atoms with van der Waals surface area (Å²) in [5.74, 6) is -1.31. The number of rotatable bonds is 21. The van der Waals surface area contributed by atoms with Gasteiger partial charge in [0, 0.05) is 12.1 Å². The summed E-state index contributed by atoms with van der Waals surface area (Å²) in [6.45, 7) is -3.79. The first-order valence-corrected chi connectivity index (χ1v) is 29.8. The van der Waals surface area contributed by atoms with Crippen LogP contribution < -0.4 is 58.2 Å². The molecular formula is C38H44ClN16O24P4-3. The first kappa shape index (κ1) is 60.3. The Balaban J connectivity index is 0.805. The Bertz CT molecular complexity index is 3930. The van der Waals surface area contributed by atoms with Gasteiger partial charge in [0.1, 0.15) is 60.5 Å². The van der Waals surface area contributed by atoms with Crippen LogP contribution in [0.4, 0.5) is 23.7 Å². The number of aromatic amines is 2. The van der Waals surface area contributed by atoms with Crippen LogP contribution in [0, 0.1) is 0 Å². The minimum absolute atomic E-state index is 0.0305. The molecule has 1 aromatic carbocycles. The Kier molecular flexibility index (Phi) is 16.6. The van der Waals surface area contributed by atoms with Gasteiger partial charge in [-0.15, -0.1) is 0 Å². The molecule has 16 unspecified atom stereocenters. The van der Waals surface area contributed by atoms with Gasteiger partial charge in [-0.05, 0) is 17.7 Å². The van der Waals surface area contributed by atoms with Crippen molar-refractivity contribution in [3.8, 4) is 0 Å². The Morgan fingerprint density at radius 1 is 0.675 bits per heavy atom. The first-order chi connectivity index (χ1) is 39.0. The van der Waals surface area contributed by atoms with Gasteiger partial charge in [-0.2, -0.15) is 15.0 Å². The highest BCUT2D eigenvalue weighted by Gasteiger charge is 2.52. The molecule has 7 aromatic rings. The van der Waals surface area contributed by atoms with Crippen LogP contribution >= 0.6 is 42.9 Å². The molecule has 0 amide bonds. The number of nitrogens with zero attached hydrogens (tertiary/aromatic N) is 10. The van der Waals surface area contributed by atoms with E-state index in [4.69, 9.17) is 67.1 Å². The highest BCUT2D eigenvalue weighted by Crippen LogP contribution is 2.63. The highest BCUT2D eigenvalue weighted by atomic mass is 35.5. The standard InChI is InChI=1S/C38H47ClN16O24P4/c1-70-26-25(77-80(62,63)71-7-15-21(56)23(58)33(74-15)53-11-45-19-29(53)48-37(42)50-31(19)60)17(76-35(26)54-10-44-18-27(40)46-36(41)47-28(18)54)9-73-82(66,67)79-83(68,69)78-81(64,65)72-8-16-22(57)24(59)34(75-16)55-12-52(6-13-2-4-14(39)5-3-13)20-30(55)49-38(43)51-32(20)61/h2-5,10-12,15-17,21-26,33-35,56-59H,6-9H2,1H3,(H13-,40,41,42,43,46,47,48,49,50,51,60,61,62,63,64,65,66,67,68,69)/p-3. The zero-order valence-electron chi connectivity index (χ0n) is 41.7. The van der Waals surface area contributed by atoms with Gasteiger partial charge in [-0.3, -0.25) is 51.5 Å². The number of imidazole rings is 3. The maximum Gasteiger partial charge on any atom is 0.313 e. The smallest absolute Gasteiger partial charge is 0.313 e. The van der Waals surface area contributed by atoms with Crippen molar-refractivity contribution in [1.29, 1.82) is 0 Å². The predicted octanol–water partition coefficient (Wildman–Crippen LogP) is -5.49. The second kappa shape index (κ2) is 22.9. The maximum absolute atomic E-state index is 13.6. The molecule has 3 aliphatic heterocycles. The summed E-state index contributed by atoms with van der Waals surface area (Å²) in [5.41, 5.74) is 21.5. The quantitative estimate of drug-likeness (QED) is 0.0237. The largest absolute Gasteiger partial charge is 0.756 e. The number of fused-ring (bicyclic) bond motifs is 3.